The number of aromatic nitrogens is 23. The number of pyridine rings is 1. The fourth-order valence-corrected chi connectivity index (χ4v) is 20.4. The molecule has 0 spiro atoms. The number of para-hydroxylation sites is 3. The summed E-state index contributed by atoms with van der Waals surface area (Å²) in [5.41, 5.74) is 14.3. The number of hydrogen-bond acceptors (Lipinski definition) is 24. The van der Waals surface area contributed by atoms with E-state index in [1.165, 1.54) is 59.8 Å². The molecule has 144 heavy (non-hydrogen) atoms. The summed E-state index contributed by atoms with van der Waals surface area (Å²) < 4.78 is 21.0. The van der Waals surface area contributed by atoms with Crippen molar-refractivity contribution in [2.45, 2.75) is 153 Å². The zero-order valence-corrected chi connectivity index (χ0v) is 81.9. The van der Waals surface area contributed by atoms with Gasteiger partial charge in [-0.3, -0.25) is 57.8 Å². The molecule has 24 rings (SSSR count). The first-order chi connectivity index (χ1) is 69.8. The number of rotatable bonds is 22. The molecule has 2 saturated carbocycles. The predicted molar refractivity (Wildman–Crippen MR) is 556 cm³/mol. The molecule has 4 atom stereocenters. The van der Waals surface area contributed by atoms with Crippen LogP contribution < -0.4 is 54.1 Å². The molecular weight excluding hydrogens is 1830 g/mol. The van der Waals surface area contributed by atoms with Gasteiger partial charge in [-0.05, 0) is 169 Å². The predicted octanol–water partition coefficient (Wildman–Crippen LogP) is 16.3. The summed E-state index contributed by atoms with van der Waals surface area (Å²) in [6.07, 6.45) is 20.2. The number of guanidine groups is 1. The molecule has 1 amide bonds. The number of amides is 1. The van der Waals surface area contributed by atoms with Crippen molar-refractivity contribution in [2.24, 2.45) is 29.9 Å². The van der Waals surface area contributed by atoms with Gasteiger partial charge in [-0.1, -0.05) is 193 Å². The normalized spacial score (nSPS) is 15.5. The number of benzene rings is 8. The number of carbonyl (C=O) groups is 1. The number of aliphatic imine (C=N–C) groups is 1. The molecule has 19 aromatic rings. The quantitative estimate of drug-likeness (QED) is 0.0367. The van der Waals surface area contributed by atoms with Crippen molar-refractivity contribution in [3.05, 3.63) is 357 Å². The minimum absolute atomic E-state index is 0.0290. The lowest BCUT2D eigenvalue weighted by atomic mass is 9.97. The first-order valence-electron chi connectivity index (χ1n) is 48.0. The van der Waals surface area contributed by atoms with Crippen molar-refractivity contribution in [1.29, 1.82) is 10.8 Å². The summed E-state index contributed by atoms with van der Waals surface area (Å²) in [4.78, 5) is 84.5. The maximum atomic E-state index is 13.7. The Hall–Kier alpha value is -17.3. The third kappa shape index (κ3) is 18.9. The number of nitrogens with zero attached hydrogens (tertiary/aromatic N) is 26. The lowest BCUT2D eigenvalue weighted by molar-refractivity contribution is 0.0866. The second-order valence-electron chi connectivity index (χ2n) is 39.0. The minimum Gasteiger partial charge on any atom is -0.351 e. The third-order valence-electron chi connectivity index (χ3n) is 26.3. The van der Waals surface area contributed by atoms with Gasteiger partial charge < -0.3 is 30.7 Å². The number of hydrogen-bond donors (Lipinski definition) is 6. The average Bonchev–Trinajstić information content (AvgIpc) is 1.55. The number of nitrogens with one attached hydrogen (secondary N) is 6. The molecule has 11 aromatic heterocycles. The lowest BCUT2D eigenvalue weighted by Gasteiger charge is -2.35. The van der Waals surface area contributed by atoms with E-state index in [4.69, 9.17) is 31.1 Å². The minimum atomic E-state index is -0.361. The molecule has 5 aliphatic rings. The number of anilines is 8. The van der Waals surface area contributed by atoms with E-state index in [9.17, 15) is 19.2 Å². The van der Waals surface area contributed by atoms with Crippen LogP contribution in [0.2, 0.25) is 0 Å². The highest BCUT2D eigenvalue weighted by atomic mass is 32.2. The van der Waals surface area contributed by atoms with E-state index in [0.717, 1.165) is 138 Å². The molecule has 0 radical (unpaired) electrons. The standard InChI is InChI=1S/C28H26N8.C27H26N8O.C26H29N9O.C26H27N7O2S/c29-25-24-26(31-20-7-2-1-3-8-20)35(17-18-12-14-19(15-13-18)21-9-4-5-16-30-21)34-27(24)36-23-11-6-10-22(23)32-28(36)33-25;1-32-26(36)24-23(35-22-9-5-8-21(22)31-27(32)35)15-33(25(24)30-19-6-3-2-4-7-19)14-18-10-12-20(13-11-18)34-17-28-16-29-34;1-26(2,3)15-33-24-21(22(27)32(4)25(33)36)23(30-19-8-6-5-7-9-19)34(31-24)14-18-10-12-20(13-11-18)35-17-28-16-29-35;1-26(2,3)15-31-22-21(23(34)30(4)25(31)35)24(36-20-8-6-5-7-9-20)32(29-22)14-18-10-12-19(13-11-18)33-17-27-16-28-33/h1-5,7-9,12-16,22-23,31H,6,10-11,17H2,(H2,29,32,33);2-4,6-7,10-13,15-17,21-22,30H,5,8-9,14H2,1H3;5-13,16-17,27,30H,14-15H2,1-4H3;5-13,16-17H,14-15H2,1-4H3/t22-,23+;21-,22+;;/m11../s1. The van der Waals surface area contributed by atoms with Crippen LogP contribution in [0, 0.1) is 21.6 Å². The fourth-order valence-electron chi connectivity index (χ4n) is 19.4. The second-order valence-corrected chi connectivity index (χ2v) is 40.1. The highest BCUT2D eigenvalue weighted by molar-refractivity contribution is 7.99. The van der Waals surface area contributed by atoms with Gasteiger partial charge in [0.25, 0.3) is 11.5 Å². The zero-order valence-electron chi connectivity index (χ0n) is 81.1. The SMILES string of the molecule is CN1C(=O)c2c(cn(Cc3ccc(-n4cncn4)cc3)c2Nc2ccccc2)N2C1=N[C@@H]1CCC[C@@H]12.Cn1c(=N)c2c(Nc3ccccc3)n(Cc3ccc(-n4cncn4)cc3)nc2n(CC(C)(C)C)c1=O.Cn1c(=O)c2c(Sc3ccccc3)n(Cc3ccc(-n4cncn4)cc3)nc2n(CC(C)(C)C)c1=O.N=c1nc2n(c3nn(Cc4ccc(-c5ccccn5)cc4)c(Nc4ccccc4)c13)[C@H]1CCC[C@H]1N2. The zero-order chi connectivity index (χ0) is 99.2. The maximum Gasteiger partial charge on any atom is 0.332 e. The monoisotopic (exact) mass is 1940 g/mol. The summed E-state index contributed by atoms with van der Waals surface area (Å²) in [5, 5.41) is 61.6. The molecule has 0 saturated heterocycles. The Morgan fingerprint density at radius 2 is 0.938 bits per heavy atom. The Labute approximate surface area is 831 Å². The van der Waals surface area contributed by atoms with Gasteiger partial charge in [-0.2, -0.15) is 35.6 Å². The maximum absolute atomic E-state index is 13.7. The smallest absolute Gasteiger partial charge is 0.332 e. The first-order valence-corrected chi connectivity index (χ1v) is 48.8. The summed E-state index contributed by atoms with van der Waals surface area (Å²) in [7, 11) is 5.00. The third-order valence-corrected chi connectivity index (χ3v) is 27.4. The van der Waals surface area contributed by atoms with E-state index >= 15 is 0 Å². The molecule has 0 bridgehead atoms. The van der Waals surface area contributed by atoms with E-state index in [2.05, 4.69) is 160 Å². The molecule has 726 valence electrons. The van der Waals surface area contributed by atoms with Crippen LogP contribution >= 0.6 is 11.8 Å². The lowest BCUT2D eigenvalue weighted by Crippen LogP contribution is -2.51. The van der Waals surface area contributed by atoms with Crippen molar-refractivity contribution in [1.82, 2.24) is 116 Å². The Morgan fingerprint density at radius 1 is 0.472 bits per heavy atom. The van der Waals surface area contributed by atoms with E-state index in [1.54, 1.807) is 54.1 Å². The van der Waals surface area contributed by atoms with Gasteiger partial charge in [0.1, 0.15) is 87.7 Å². The topological polar surface area (TPSA) is 384 Å². The second kappa shape index (κ2) is 39.1. The van der Waals surface area contributed by atoms with Crippen LogP contribution in [0.15, 0.2) is 316 Å². The molecule has 0 unspecified atom stereocenters. The van der Waals surface area contributed by atoms with Crippen LogP contribution in [0.1, 0.15) is 119 Å². The highest BCUT2D eigenvalue weighted by Crippen LogP contribution is 2.46. The van der Waals surface area contributed by atoms with Crippen LogP contribution in [0.4, 0.5) is 46.2 Å². The molecule has 2 aliphatic carbocycles. The molecule has 6 N–H and O–H groups in total. The van der Waals surface area contributed by atoms with E-state index in [0.29, 0.717) is 95.9 Å². The molecule has 8 aromatic carbocycles. The van der Waals surface area contributed by atoms with Gasteiger partial charge in [0, 0.05) is 86.7 Å². The van der Waals surface area contributed by atoms with E-state index in [1.807, 2.05) is 227 Å². The van der Waals surface area contributed by atoms with E-state index in [-0.39, 0.29) is 50.7 Å². The summed E-state index contributed by atoms with van der Waals surface area (Å²) >= 11 is 1.48. The average molecular weight is 1940 g/mol. The van der Waals surface area contributed by atoms with Crippen LogP contribution in [0.25, 0.3) is 61.4 Å². The summed E-state index contributed by atoms with van der Waals surface area (Å²) in [6, 6.07) is 79.5. The van der Waals surface area contributed by atoms with Gasteiger partial charge in [0.05, 0.1) is 66.2 Å². The summed E-state index contributed by atoms with van der Waals surface area (Å²) in [5.74, 6) is 3.77. The van der Waals surface area contributed by atoms with Crippen LogP contribution in [-0.4, -0.2) is 153 Å². The molecular formula is C107H108N32O4S. The number of carbonyl (C=O) groups excluding carboxylic acids is 1. The Kier molecular flexibility index (Phi) is 25.3. The van der Waals surface area contributed by atoms with Crippen molar-refractivity contribution in [3.8, 4) is 28.3 Å². The van der Waals surface area contributed by atoms with Crippen LogP contribution in [0.5, 0.6) is 0 Å². The molecule has 3 aliphatic heterocycles. The van der Waals surface area contributed by atoms with Crippen LogP contribution in [-0.2, 0) is 53.4 Å². The van der Waals surface area contributed by atoms with E-state index < -0.39 is 0 Å². The summed E-state index contributed by atoms with van der Waals surface area (Å²) in [6.45, 7) is 15.4. The van der Waals surface area contributed by atoms with Gasteiger partial charge in [0.2, 0.25) is 11.9 Å². The largest absolute Gasteiger partial charge is 0.351 e. The Morgan fingerprint density at radius 3 is 1.46 bits per heavy atom. The fraction of sp³-hybridized carbons (Fsp3) is 0.252. The first kappa shape index (κ1) is 93.1. The molecule has 14 heterocycles. The van der Waals surface area contributed by atoms with Crippen molar-refractivity contribution < 1.29 is 4.79 Å². The molecule has 2 fully saturated rings. The van der Waals surface area contributed by atoms with Gasteiger partial charge in [-0.25, -0.2) is 52.9 Å². The Bertz CT molecular complexity index is 8000. The van der Waals surface area contributed by atoms with Gasteiger partial charge in [-0.15, -0.1) is 0 Å². The van der Waals surface area contributed by atoms with Gasteiger partial charge in [0.15, 0.2) is 22.4 Å². The Balaban J connectivity index is 0.000000113. The van der Waals surface area contributed by atoms with Crippen molar-refractivity contribution in [3.63, 3.8) is 0 Å². The van der Waals surface area contributed by atoms with Crippen molar-refractivity contribution in [2.75, 3.05) is 33.2 Å². The number of fused-ring (bicyclic) bond motifs is 12. The molecule has 37 heteroatoms. The molecule has 36 nitrogen and oxygen atoms in total. The van der Waals surface area contributed by atoms with Gasteiger partial charge >= 0.3 is 11.4 Å². The highest BCUT2D eigenvalue weighted by Gasteiger charge is 2.49. The van der Waals surface area contributed by atoms with Crippen LogP contribution in [0.3, 0.4) is 0 Å². The van der Waals surface area contributed by atoms with Crippen molar-refractivity contribution >= 4 is 103 Å².